The standard InChI is InChI=1S/C91H173NO18/c1-3-5-7-9-11-13-15-17-19-21-23-25-27-29-31-33-34-35-36-37-38-39-40-41-43-45-47-49-51-53-55-57-59-61-63-65-67-69-79(97)92-74(75(96)68-66-64-62-60-58-56-54-52-50-48-46-44-42-32-30-28-26-24-22-20-18-16-14-12-10-8-6-4-2)73-105-89-85(103)82(100)87(77(71-94)107-89)110-91-86(104)83(101)88(78(72-95)108-91)109-90-84(102)81(99)80(98)76(70-93)106-90/h15,17,21,23,74-78,80-91,93-96,98-104H,3-14,16,18-20,22,24-73H2,1-2H3,(H,92,97)/b17-15-,23-21-. The second-order valence-electron chi connectivity index (χ2n) is 33.5. The van der Waals surface area contributed by atoms with Gasteiger partial charge < -0.3 is 89.9 Å². The maximum Gasteiger partial charge on any atom is 0.220 e. The van der Waals surface area contributed by atoms with Crippen LogP contribution in [0.25, 0.3) is 0 Å². The Kier molecular flexibility index (Phi) is 66.5. The highest BCUT2D eigenvalue weighted by Gasteiger charge is 2.54. The first-order chi connectivity index (χ1) is 53.8. The van der Waals surface area contributed by atoms with Crippen molar-refractivity contribution in [3.8, 4) is 0 Å². The van der Waals surface area contributed by atoms with E-state index in [2.05, 4.69) is 43.5 Å². The minimum atomic E-state index is -1.97. The fraction of sp³-hybridized carbons (Fsp3) is 0.945. The van der Waals surface area contributed by atoms with Crippen LogP contribution in [0.1, 0.15) is 418 Å². The summed E-state index contributed by atoms with van der Waals surface area (Å²) < 4.78 is 34.6. The highest BCUT2D eigenvalue weighted by atomic mass is 16.8. The number of allylic oxidation sites excluding steroid dienone is 4. The first kappa shape index (κ1) is 102. The van der Waals surface area contributed by atoms with Crippen molar-refractivity contribution in [2.75, 3.05) is 26.4 Å². The summed E-state index contributed by atoms with van der Waals surface area (Å²) in [6, 6.07) is -0.886. The SMILES string of the molecule is CCCCCCC/C=C\C/C=C\CCCCCCCCCCCCCCCCCCCCCCCCCCCC(=O)NC(COC1OC(CO)C(OC2OC(CO)C(OC3OC(CO)C(O)C(O)C3O)C(O)C2O)C(O)C1O)C(O)CCCCCCCCCCCCCCCCCCCCCCCCCCCCCC. The Morgan fingerprint density at radius 1 is 0.327 bits per heavy atom. The van der Waals surface area contributed by atoms with Crippen LogP contribution < -0.4 is 5.32 Å². The van der Waals surface area contributed by atoms with Gasteiger partial charge in [-0.25, -0.2) is 0 Å². The number of rotatable bonds is 77. The average Bonchev–Trinajstić information content (AvgIpc) is 0.784. The van der Waals surface area contributed by atoms with Crippen LogP contribution >= 0.6 is 0 Å². The van der Waals surface area contributed by atoms with Crippen LogP contribution in [0.2, 0.25) is 0 Å². The maximum atomic E-state index is 13.6. The first-order valence-corrected chi connectivity index (χ1v) is 46.6. The third kappa shape index (κ3) is 49.5. The number of carbonyl (C=O) groups is 1. The molecule has 0 aromatic heterocycles. The topological polar surface area (TPSA) is 307 Å². The van der Waals surface area contributed by atoms with E-state index >= 15 is 0 Å². The van der Waals surface area contributed by atoms with E-state index in [1.165, 1.54) is 334 Å². The molecule has 0 radical (unpaired) electrons. The van der Waals surface area contributed by atoms with E-state index in [0.717, 1.165) is 51.4 Å². The third-order valence-electron chi connectivity index (χ3n) is 23.5. The molecule has 3 saturated heterocycles. The van der Waals surface area contributed by atoms with Gasteiger partial charge in [0.25, 0.3) is 0 Å². The van der Waals surface area contributed by atoms with Gasteiger partial charge in [-0.3, -0.25) is 4.79 Å². The molecule has 17 unspecified atom stereocenters. The summed E-state index contributed by atoms with van der Waals surface area (Å²) in [6.07, 6.45) is 63.0. The molecule has 3 heterocycles. The number of nitrogens with one attached hydrogen (secondary N) is 1. The number of ether oxygens (including phenoxy) is 6. The summed E-state index contributed by atoms with van der Waals surface area (Å²) >= 11 is 0. The lowest BCUT2D eigenvalue weighted by Gasteiger charge is -2.48. The lowest BCUT2D eigenvalue weighted by Crippen LogP contribution is -2.66. The predicted octanol–water partition coefficient (Wildman–Crippen LogP) is 18.0. The minimum absolute atomic E-state index is 0.232. The third-order valence-corrected chi connectivity index (χ3v) is 23.5. The molecule has 19 nitrogen and oxygen atoms in total. The molecule has 3 fully saturated rings. The summed E-state index contributed by atoms with van der Waals surface area (Å²) in [6.45, 7) is 1.87. The molecule has 3 aliphatic heterocycles. The molecule has 3 rings (SSSR count). The maximum absolute atomic E-state index is 13.6. The zero-order chi connectivity index (χ0) is 79.5. The van der Waals surface area contributed by atoms with Crippen LogP contribution in [-0.2, 0) is 33.2 Å². The molecule has 0 saturated carbocycles. The van der Waals surface area contributed by atoms with Crippen LogP contribution in [0.15, 0.2) is 24.3 Å². The molecule has 12 N–H and O–H groups in total. The zero-order valence-electron chi connectivity index (χ0n) is 70.3. The molecule has 0 aromatic rings. The molecular formula is C91H173NO18. The summed E-state index contributed by atoms with van der Waals surface area (Å²) in [5.74, 6) is -0.232. The highest BCUT2D eigenvalue weighted by molar-refractivity contribution is 5.76. The molecule has 17 atom stereocenters. The van der Waals surface area contributed by atoms with Gasteiger partial charge in [-0.15, -0.1) is 0 Å². The number of unbranched alkanes of at least 4 members (excludes halogenated alkanes) is 57. The van der Waals surface area contributed by atoms with Crippen LogP contribution in [-0.4, -0.2) is 193 Å². The summed E-state index contributed by atoms with van der Waals surface area (Å²) in [5, 5.41) is 121. The fourth-order valence-corrected chi connectivity index (χ4v) is 16.1. The Bertz CT molecular complexity index is 2070. The Labute approximate surface area is 670 Å². The fourth-order valence-electron chi connectivity index (χ4n) is 16.1. The number of hydrogen-bond donors (Lipinski definition) is 12. The van der Waals surface area contributed by atoms with Gasteiger partial charge in [-0.1, -0.05) is 391 Å². The molecule has 1 amide bonds. The van der Waals surface area contributed by atoms with Crippen molar-refractivity contribution in [1.29, 1.82) is 0 Å². The predicted molar refractivity (Wildman–Crippen MR) is 443 cm³/mol. The molecular weight excluding hydrogens is 1390 g/mol. The lowest BCUT2D eigenvalue weighted by molar-refractivity contribution is -0.379. The first-order valence-electron chi connectivity index (χ1n) is 46.6. The van der Waals surface area contributed by atoms with Crippen LogP contribution in [0, 0.1) is 0 Å². The number of aliphatic hydroxyl groups excluding tert-OH is 11. The Morgan fingerprint density at radius 2 is 0.600 bits per heavy atom. The molecule has 3 aliphatic rings. The largest absolute Gasteiger partial charge is 0.394 e. The smallest absolute Gasteiger partial charge is 0.220 e. The van der Waals surface area contributed by atoms with E-state index < -0.39 is 124 Å². The van der Waals surface area contributed by atoms with E-state index in [1.807, 2.05) is 0 Å². The normalized spacial score (nSPS) is 25.2. The van der Waals surface area contributed by atoms with Gasteiger partial charge in [0.2, 0.25) is 5.91 Å². The van der Waals surface area contributed by atoms with Gasteiger partial charge in [-0.05, 0) is 44.9 Å². The monoisotopic (exact) mass is 1570 g/mol. The quantitative estimate of drug-likeness (QED) is 0.0199. The number of carbonyl (C=O) groups excluding carboxylic acids is 1. The van der Waals surface area contributed by atoms with Crippen molar-refractivity contribution in [1.82, 2.24) is 5.32 Å². The highest BCUT2D eigenvalue weighted by Crippen LogP contribution is 2.34. The van der Waals surface area contributed by atoms with Crippen LogP contribution in [0.3, 0.4) is 0 Å². The molecule has 110 heavy (non-hydrogen) atoms. The van der Waals surface area contributed by atoms with Gasteiger partial charge in [0.05, 0.1) is 38.6 Å². The van der Waals surface area contributed by atoms with Gasteiger partial charge in [0.15, 0.2) is 18.9 Å². The van der Waals surface area contributed by atoms with Crippen LogP contribution in [0.4, 0.5) is 0 Å². The Balaban J connectivity index is 1.30. The second-order valence-corrected chi connectivity index (χ2v) is 33.5. The Hall–Kier alpha value is -1.73. The molecule has 0 aliphatic carbocycles. The van der Waals surface area contributed by atoms with E-state index in [4.69, 9.17) is 28.4 Å². The number of amides is 1. The molecule has 0 bridgehead atoms. The van der Waals surface area contributed by atoms with Gasteiger partial charge in [0.1, 0.15) is 73.2 Å². The molecule has 650 valence electrons. The molecule has 0 spiro atoms. The minimum Gasteiger partial charge on any atom is -0.394 e. The van der Waals surface area contributed by atoms with Crippen molar-refractivity contribution >= 4 is 5.91 Å². The average molecular weight is 1570 g/mol. The van der Waals surface area contributed by atoms with Crippen molar-refractivity contribution in [3.05, 3.63) is 24.3 Å². The lowest BCUT2D eigenvalue weighted by atomic mass is 9.96. The van der Waals surface area contributed by atoms with Crippen molar-refractivity contribution < 1.29 is 89.4 Å². The Morgan fingerprint density at radius 3 is 0.927 bits per heavy atom. The van der Waals surface area contributed by atoms with E-state index in [1.54, 1.807) is 0 Å². The summed E-state index contributed by atoms with van der Waals surface area (Å²) in [4.78, 5) is 13.6. The van der Waals surface area contributed by atoms with Crippen LogP contribution in [0.5, 0.6) is 0 Å². The summed E-state index contributed by atoms with van der Waals surface area (Å²) in [7, 11) is 0. The zero-order valence-corrected chi connectivity index (χ0v) is 70.3. The second kappa shape index (κ2) is 71.4. The van der Waals surface area contributed by atoms with Gasteiger partial charge in [0, 0.05) is 6.42 Å². The van der Waals surface area contributed by atoms with Crippen molar-refractivity contribution in [2.24, 2.45) is 0 Å². The van der Waals surface area contributed by atoms with Gasteiger partial charge >= 0.3 is 0 Å². The number of hydrogen-bond acceptors (Lipinski definition) is 18. The van der Waals surface area contributed by atoms with Crippen molar-refractivity contribution in [2.45, 2.75) is 523 Å². The molecule has 19 heteroatoms. The molecule has 0 aromatic carbocycles. The van der Waals surface area contributed by atoms with Crippen molar-refractivity contribution in [3.63, 3.8) is 0 Å². The van der Waals surface area contributed by atoms with E-state index in [0.29, 0.717) is 12.8 Å². The number of aliphatic hydroxyl groups is 11. The summed E-state index contributed by atoms with van der Waals surface area (Å²) in [5.41, 5.74) is 0. The van der Waals surface area contributed by atoms with E-state index in [-0.39, 0.29) is 18.9 Å². The van der Waals surface area contributed by atoms with Gasteiger partial charge in [-0.2, -0.15) is 0 Å². The van der Waals surface area contributed by atoms with E-state index in [9.17, 15) is 61.0 Å².